The van der Waals surface area contributed by atoms with Crippen molar-refractivity contribution in [2.24, 2.45) is 5.92 Å². The van der Waals surface area contributed by atoms with Gasteiger partial charge in [0, 0.05) is 23.9 Å². The van der Waals surface area contributed by atoms with Crippen LogP contribution in [0.25, 0.3) is 5.65 Å². The third-order valence-corrected chi connectivity index (χ3v) is 4.65. The molecule has 1 amide bonds. The van der Waals surface area contributed by atoms with Gasteiger partial charge in [-0.2, -0.15) is 10.4 Å². The molecule has 2 aromatic rings. The molecular weight excluding hydrogens is 290 g/mol. The Hall–Kier alpha value is -2.42. The molecule has 1 aliphatic carbocycles. The molecule has 1 unspecified atom stereocenters. The molecule has 23 heavy (non-hydrogen) atoms. The number of hydrogen-bond acceptors (Lipinski definition) is 4. The fraction of sp³-hybridized carbons (Fsp3) is 0.529. The summed E-state index contributed by atoms with van der Waals surface area (Å²) in [6.07, 6.45) is 5.05. The van der Waals surface area contributed by atoms with Gasteiger partial charge in [-0.25, -0.2) is 9.50 Å². The second kappa shape index (κ2) is 5.99. The fourth-order valence-electron chi connectivity index (χ4n) is 3.03. The Bertz CT molecular complexity index is 797. The molecule has 0 aliphatic heterocycles. The standard InChI is InChI=1S/C17H21N5O/c1-10(13-4-5-13)20-16(23)7-6-15-11(2)21-17-14(8-18)9-19-22(17)12(15)3/h9-10,13H,4-7H2,1-3H3,(H,20,23). The van der Waals surface area contributed by atoms with E-state index in [1.807, 2.05) is 13.8 Å². The quantitative estimate of drug-likeness (QED) is 0.916. The molecule has 3 rings (SSSR count). The first-order valence-electron chi connectivity index (χ1n) is 8.04. The minimum absolute atomic E-state index is 0.0847. The van der Waals surface area contributed by atoms with E-state index >= 15 is 0 Å². The van der Waals surface area contributed by atoms with E-state index in [0.717, 1.165) is 17.0 Å². The Balaban J connectivity index is 1.75. The number of carbonyl (C=O) groups is 1. The molecular formula is C17H21N5O. The van der Waals surface area contributed by atoms with E-state index in [2.05, 4.69) is 28.4 Å². The van der Waals surface area contributed by atoms with Crippen LogP contribution in [0.5, 0.6) is 0 Å². The van der Waals surface area contributed by atoms with Gasteiger partial charge in [0.25, 0.3) is 0 Å². The van der Waals surface area contributed by atoms with Crippen molar-refractivity contribution in [3.8, 4) is 6.07 Å². The van der Waals surface area contributed by atoms with E-state index in [4.69, 9.17) is 5.26 Å². The van der Waals surface area contributed by atoms with Crippen LogP contribution < -0.4 is 5.32 Å². The molecule has 1 N–H and O–H groups in total. The number of nitrogens with one attached hydrogen (secondary N) is 1. The van der Waals surface area contributed by atoms with Crippen LogP contribution in [-0.4, -0.2) is 26.5 Å². The minimum Gasteiger partial charge on any atom is -0.353 e. The van der Waals surface area contributed by atoms with Crippen LogP contribution >= 0.6 is 0 Å². The van der Waals surface area contributed by atoms with Crippen molar-refractivity contribution >= 4 is 11.6 Å². The average Bonchev–Trinajstić information content (AvgIpc) is 3.28. The first kappa shape index (κ1) is 15.5. The molecule has 1 fully saturated rings. The molecule has 0 aromatic carbocycles. The summed E-state index contributed by atoms with van der Waals surface area (Å²) in [7, 11) is 0. The van der Waals surface area contributed by atoms with Crippen LogP contribution in [0.3, 0.4) is 0 Å². The molecule has 1 atom stereocenters. The zero-order chi connectivity index (χ0) is 16.6. The van der Waals surface area contributed by atoms with Gasteiger partial charge >= 0.3 is 0 Å². The number of nitrogens with zero attached hydrogens (tertiary/aromatic N) is 4. The molecule has 0 bridgehead atoms. The van der Waals surface area contributed by atoms with Crippen molar-refractivity contribution in [2.75, 3.05) is 0 Å². The number of fused-ring (bicyclic) bond motifs is 1. The summed E-state index contributed by atoms with van der Waals surface area (Å²) in [5.74, 6) is 0.746. The van der Waals surface area contributed by atoms with Gasteiger partial charge in [0.05, 0.1) is 6.20 Å². The van der Waals surface area contributed by atoms with Gasteiger partial charge in [0.2, 0.25) is 5.91 Å². The number of aryl methyl sites for hydroxylation is 2. The topological polar surface area (TPSA) is 83.1 Å². The number of carbonyl (C=O) groups excluding carboxylic acids is 1. The number of amides is 1. The second-order valence-corrected chi connectivity index (χ2v) is 6.36. The predicted molar refractivity (Wildman–Crippen MR) is 85.8 cm³/mol. The smallest absolute Gasteiger partial charge is 0.220 e. The fourth-order valence-corrected chi connectivity index (χ4v) is 3.03. The third-order valence-electron chi connectivity index (χ3n) is 4.65. The van der Waals surface area contributed by atoms with Crippen LogP contribution in [0, 0.1) is 31.1 Å². The summed E-state index contributed by atoms with van der Waals surface area (Å²) in [5, 5.41) is 16.4. The van der Waals surface area contributed by atoms with Gasteiger partial charge in [0.15, 0.2) is 5.65 Å². The maximum Gasteiger partial charge on any atom is 0.220 e. The van der Waals surface area contributed by atoms with E-state index in [1.165, 1.54) is 19.0 Å². The van der Waals surface area contributed by atoms with Gasteiger partial charge in [-0.1, -0.05) is 0 Å². The molecule has 2 aromatic heterocycles. The average molecular weight is 311 g/mol. The molecule has 1 aliphatic rings. The molecule has 0 radical (unpaired) electrons. The zero-order valence-corrected chi connectivity index (χ0v) is 13.8. The lowest BCUT2D eigenvalue weighted by atomic mass is 10.1. The number of rotatable bonds is 5. The summed E-state index contributed by atoms with van der Waals surface area (Å²) < 4.78 is 1.69. The third kappa shape index (κ3) is 3.04. The van der Waals surface area contributed by atoms with E-state index in [-0.39, 0.29) is 11.9 Å². The van der Waals surface area contributed by atoms with Crippen molar-refractivity contribution in [1.82, 2.24) is 19.9 Å². The monoisotopic (exact) mass is 311 g/mol. The molecule has 0 saturated heterocycles. The Morgan fingerprint density at radius 2 is 2.26 bits per heavy atom. The lowest BCUT2D eigenvalue weighted by molar-refractivity contribution is -0.121. The van der Waals surface area contributed by atoms with Crippen LogP contribution in [0.2, 0.25) is 0 Å². The first-order valence-corrected chi connectivity index (χ1v) is 8.04. The predicted octanol–water partition coefficient (Wildman–Crippen LogP) is 2.07. The van der Waals surface area contributed by atoms with E-state index in [0.29, 0.717) is 30.0 Å². The highest BCUT2D eigenvalue weighted by molar-refractivity contribution is 5.76. The SMILES string of the molecule is Cc1nc2c(C#N)cnn2c(C)c1CCC(=O)NC(C)C1CC1. The number of hydrogen-bond donors (Lipinski definition) is 1. The molecule has 1 saturated carbocycles. The lowest BCUT2D eigenvalue weighted by Gasteiger charge is -2.14. The molecule has 6 heteroatoms. The van der Waals surface area contributed by atoms with Crippen LogP contribution in [0.15, 0.2) is 6.20 Å². The Morgan fingerprint density at radius 1 is 1.52 bits per heavy atom. The highest BCUT2D eigenvalue weighted by atomic mass is 16.1. The molecule has 2 heterocycles. The van der Waals surface area contributed by atoms with Gasteiger partial charge in [-0.3, -0.25) is 4.79 Å². The van der Waals surface area contributed by atoms with Gasteiger partial charge in [-0.05, 0) is 51.5 Å². The number of nitriles is 1. The van der Waals surface area contributed by atoms with Crippen molar-refractivity contribution in [1.29, 1.82) is 5.26 Å². The van der Waals surface area contributed by atoms with Crippen molar-refractivity contribution in [2.45, 2.75) is 52.5 Å². The molecule has 120 valence electrons. The number of aromatic nitrogens is 3. The Morgan fingerprint density at radius 3 is 2.91 bits per heavy atom. The van der Waals surface area contributed by atoms with Crippen molar-refractivity contribution in [3.63, 3.8) is 0 Å². The van der Waals surface area contributed by atoms with Crippen LogP contribution in [0.4, 0.5) is 0 Å². The van der Waals surface area contributed by atoms with E-state index in [1.54, 1.807) is 4.52 Å². The summed E-state index contributed by atoms with van der Waals surface area (Å²) >= 11 is 0. The molecule has 6 nitrogen and oxygen atoms in total. The maximum atomic E-state index is 12.1. The Kier molecular flexibility index (Phi) is 4.03. The van der Waals surface area contributed by atoms with Crippen LogP contribution in [-0.2, 0) is 11.2 Å². The van der Waals surface area contributed by atoms with Gasteiger partial charge in [0.1, 0.15) is 11.6 Å². The zero-order valence-electron chi connectivity index (χ0n) is 13.8. The summed E-state index contributed by atoms with van der Waals surface area (Å²) in [4.78, 5) is 16.6. The highest BCUT2D eigenvalue weighted by Crippen LogP contribution is 2.32. The largest absolute Gasteiger partial charge is 0.353 e. The minimum atomic E-state index is 0.0847. The normalized spacial score (nSPS) is 15.4. The van der Waals surface area contributed by atoms with Crippen molar-refractivity contribution < 1.29 is 4.79 Å². The summed E-state index contributed by atoms with van der Waals surface area (Å²) in [5.41, 5.74) is 3.88. The first-order chi connectivity index (χ1) is 11.0. The Labute approximate surface area is 135 Å². The highest BCUT2D eigenvalue weighted by Gasteiger charge is 2.28. The molecule has 0 spiro atoms. The van der Waals surface area contributed by atoms with Crippen LogP contribution in [0.1, 0.15) is 48.7 Å². The lowest BCUT2D eigenvalue weighted by Crippen LogP contribution is -2.34. The summed E-state index contributed by atoms with van der Waals surface area (Å²) in [6, 6.07) is 2.37. The van der Waals surface area contributed by atoms with E-state index < -0.39 is 0 Å². The van der Waals surface area contributed by atoms with Gasteiger partial charge < -0.3 is 5.32 Å². The van der Waals surface area contributed by atoms with Gasteiger partial charge in [-0.15, -0.1) is 0 Å². The summed E-state index contributed by atoms with van der Waals surface area (Å²) in [6.45, 7) is 5.95. The second-order valence-electron chi connectivity index (χ2n) is 6.36. The van der Waals surface area contributed by atoms with Crippen molar-refractivity contribution in [3.05, 3.63) is 28.7 Å². The van der Waals surface area contributed by atoms with E-state index in [9.17, 15) is 4.79 Å². The maximum absolute atomic E-state index is 12.1.